The van der Waals surface area contributed by atoms with Crippen molar-refractivity contribution in [2.24, 2.45) is 5.92 Å². The Balaban J connectivity index is 2.14. The summed E-state index contributed by atoms with van der Waals surface area (Å²) in [6.45, 7) is 2.95. The summed E-state index contributed by atoms with van der Waals surface area (Å²) in [6, 6.07) is 0. The smallest absolute Gasteiger partial charge is 0.0791 e. The fraction of sp³-hybridized carbons (Fsp3) is 1.00. The van der Waals surface area contributed by atoms with E-state index in [1.807, 2.05) is 0 Å². The van der Waals surface area contributed by atoms with E-state index in [0.29, 0.717) is 0 Å². The van der Waals surface area contributed by atoms with Gasteiger partial charge in [-0.3, -0.25) is 0 Å². The van der Waals surface area contributed by atoms with Gasteiger partial charge < -0.3 is 10.5 Å². The fourth-order valence-electron chi connectivity index (χ4n) is 0.811. The molecule has 1 aliphatic heterocycles. The molecule has 1 rings (SSSR count). The molecular weight excluding hydrogens is 90.1 g/mol. The van der Waals surface area contributed by atoms with Gasteiger partial charge in [0.25, 0.3) is 0 Å². The van der Waals surface area contributed by atoms with Crippen LogP contribution in [-0.4, -0.2) is 19.8 Å². The molecule has 1 saturated heterocycles. The monoisotopic (exact) mass is 102 g/mol. The Kier molecular flexibility index (Phi) is 1.65. The lowest BCUT2D eigenvalue weighted by atomic mass is 10.1. The van der Waals surface area contributed by atoms with Crippen LogP contribution in [0, 0.1) is 5.92 Å². The highest BCUT2D eigenvalue weighted by molar-refractivity contribution is 4.60. The van der Waals surface area contributed by atoms with Crippen molar-refractivity contribution in [3.05, 3.63) is 0 Å². The van der Waals surface area contributed by atoms with E-state index in [1.165, 1.54) is 6.42 Å². The van der Waals surface area contributed by atoms with Crippen molar-refractivity contribution in [1.82, 2.24) is 0 Å². The predicted molar refractivity (Wildman–Crippen MR) is 26.7 cm³/mol. The maximum Gasteiger partial charge on any atom is 0.0791 e. The van der Waals surface area contributed by atoms with Gasteiger partial charge in [-0.2, -0.15) is 0 Å². The zero-order chi connectivity index (χ0) is 5.11. The number of quaternary nitrogens is 1. The van der Waals surface area contributed by atoms with Gasteiger partial charge in [0.2, 0.25) is 0 Å². The topological polar surface area (TPSA) is 36.9 Å². The van der Waals surface area contributed by atoms with Gasteiger partial charge in [0.05, 0.1) is 13.2 Å². The second-order valence-electron chi connectivity index (χ2n) is 2.02. The highest BCUT2D eigenvalue weighted by atomic mass is 16.5. The van der Waals surface area contributed by atoms with E-state index >= 15 is 0 Å². The Labute approximate surface area is 43.6 Å². The van der Waals surface area contributed by atoms with Crippen LogP contribution in [-0.2, 0) is 4.74 Å². The predicted octanol–water partition coefficient (Wildman–Crippen LogP) is -0.735. The van der Waals surface area contributed by atoms with Crippen molar-refractivity contribution in [2.45, 2.75) is 6.42 Å². The average Bonchev–Trinajstić information content (AvgIpc) is 2.14. The molecule has 1 fully saturated rings. The van der Waals surface area contributed by atoms with Crippen LogP contribution in [0.3, 0.4) is 0 Å². The lowest BCUT2D eigenvalue weighted by Crippen LogP contribution is -2.53. The van der Waals surface area contributed by atoms with E-state index in [0.717, 1.165) is 25.7 Å². The van der Waals surface area contributed by atoms with Gasteiger partial charge in [0.15, 0.2) is 0 Å². The molecule has 0 saturated carbocycles. The van der Waals surface area contributed by atoms with E-state index < -0.39 is 0 Å². The molecule has 1 aliphatic rings. The molecule has 2 nitrogen and oxygen atoms in total. The quantitative estimate of drug-likeness (QED) is 0.465. The molecule has 1 atom stereocenters. The minimum atomic E-state index is 0.764. The van der Waals surface area contributed by atoms with Gasteiger partial charge in [-0.15, -0.1) is 0 Å². The third kappa shape index (κ3) is 1.14. The van der Waals surface area contributed by atoms with Crippen LogP contribution in [0.4, 0.5) is 0 Å². The lowest BCUT2D eigenvalue weighted by molar-refractivity contribution is -0.378. The molecule has 0 unspecified atom stereocenters. The molecule has 0 amide bonds. The van der Waals surface area contributed by atoms with E-state index in [2.05, 4.69) is 5.73 Å². The normalized spacial score (nSPS) is 31.3. The Bertz CT molecular complexity index is 50.0. The molecule has 0 aromatic carbocycles. The number of rotatable bonds is 1. The summed E-state index contributed by atoms with van der Waals surface area (Å²) in [7, 11) is 0. The van der Waals surface area contributed by atoms with Crippen molar-refractivity contribution in [3.63, 3.8) is 0 Å². The molecule has 1 heterocycles. The van der Waals surface area contributed by atoms with Crippen LogP contribution in [0.5, 0.6) is 0 Å². The Hall–Kier alpha value is -0.0800. The molecule has 0 bridgehead atoms. The van der Waals surface area contributed by atoms with Crippen molar-refractivity contribution in [1.29, 1.82) is 0 Å². The van der Waals surface area contributed by atoms with Gasteiger partial charge in [0.1, 0.15) is 0 Å². The molecule has 7 heavy (non-hydrogen) atoms. The summed E-state index contributed by atoms with van der Waals surface area (Å²) in [5.74, 6) is 0.764. The van der Waals surface area contributed by atoms with Crippen LogP contribution >= 0.6 is 0 Å². The van der Waals surface area contributed by atoms with Crippen molar-refractivity contribution >= 4 is 0 Å². The standard InChI is InChI=1S/C5H11NO/c6-3-5-1-2-7-4-5/h5H,1-4,6H2/p+1/t5-/m0/s1. The summed E-state index contributed by atoms with van der Waals surface area (Å²) >= 11 is 0. The van der Waals surface area contributed by atoms with Crippen LogP contribution in [0.1, 0.15) is 6.42 Å². The van der Waals surface area contributed by atoms with Crippen LogP contribution < -0.4 is 5.73 Å². The first-order valence-corrected chi connectivity index (χ1v) is 2.80. The summed E-state index contributed by atoms with van der Waals surface area (Å²) in [4.78, 5) is 0. The number of hydrogen-bond donors (Lipinski definition) is 1. The molecule has 0 radical (unpaired) electrons. The second-order valence-corrected chi connectivity index (χ2v) is 2.02. The summed E-state index contributed by atoms with van der Waals surface area (Å²) in [5.41, 5.74) is 3.79. The van der Waals surface area contributed by atoms with E-state index in [1.54, 1.807) is 0 Å². The third-order valence-electron chi connectivity index (χ3n) is 1.43. The van der Waals surface area contributed by atoms with Crippen molar-refractivity contribution < 1.29 is 10.5 Å². The molecule has 0 spiro atoms. The molecule has 3 N–H and O–H groups in total. The van der Waals surface area contributed by atoms with E-state index in [9.17, 15) is 0 Å². The minimum Gasteiger partial charge on any atom is -0.381 e. The molecule has 42 valence electrons. The SMILES string of the molecule is [NH3+]C[C@@H]1CCOC1. The Morgan fingerprint density at radius 3 is 2.86 bits per heavy atom. The Morgan fingerprint density at radius 2 is 2.57 bits per heavy atom. The third-order valence-corrected chi connectivity index (χ3v) is 1.43. The second kappa shape index (κ2) is 2.28. The summed E-state index contributed by atoms with van der Waals surface area (Å²) in [6.07, 6.45) is 1.23. The minimum absolute atomic E-state index is 0.764. The van der Waals surface area contributed by atoms with Crippen LogP contribution in [0.2, 0.25) is 0 Å². The lowest BCUT2D eigenvalue weighted by Gasteiger charge is -1.94. The summed E-state index contributed by atoms with van der Waals surface area (Å²) in [5, 5.41) is 0. The largest absolute Gasteiger partial charge is 0.381 e. The Morgan fingerprint density at radius 1 is 1.71 bits per heavy atom. The maximum absolute atomic E-state index is 5.11. The van der Waals surface area contributed by atoms with E-state index in [-0.39, 0.29) is 0 Å². The first-order chi connectivity index (χ1) is 3.43. The molecule has 0 aliphatic carbocycles. The molecule has 2 heteroatoms. The van der Waals surface area contributed by atoms with Crippen molar-refractivity contribution in [3.8, 4) is 0 Å². The van der Waals surface area contributed by atoms with Gasteiger partial charge in [-0.05, 0) is 6.42 Å². The molecule has 0 aromatic rings. The highest BCUT2D eigenvalue weighted by Crippen LogP contribution is 2.08. The average molecular weight is 102 g/mol. The van der Waals surface area contributed by atoms with E-state index in [4.69, 9.17) is 4.74 Å². The molecular formula is C5H12NO+. The van der Waals surface area contributed by atoms with Gasteiger partial charge in [0, 0.05) is 12.5 Å². The fourth-order valence-corrected chi connectivity index (χ4v) is 0.811. The van der Waals surface area contributed by atoms with Gasteiger partial charge in [-0.25, -0.2) is 0 Å². The number of hydrogen-bond acceptors (Lipinski definition) is 1. The molecule has 0 aromatic heterocycles. The van der Waals surface area contributed by atoms with Gasteiger partial charge >= 0.3 is 0 Å². The van der Waals surface area contributed by atoms with Crippen molar-refractivity contribution in [2.75, 3.05) is 19.8 Å². The zero-order valence-corrected chi connectivity index (χ0v) is 4.52. The number of ether oxygens (including phenoxy) is 1. The highest BCUT2D eigenvalue weighted by Gasteiger charge is 2.14. The van der Waals surface area contributed by atoms with Crippen LogP contribution in [0.25, 0.3) is 0 Å². The van der Waals surface area contributed by atoms with Gasteiger partial charge in [-0.1, -0.05) is 0 Å². The first-order valence-electron chi connectivity index (χ1n) is 2.80. The first kappa shape index (κ1) is 5.06. The summed E-state index contributed by atoms with van der Waals surface area (Å²) < 4.78 is 5.11. The zero-order valence-electron chi connectivity index (χ0n) is 4.52. The maximum atomic E-state index is 5.11. The van der Waals surface area contributed by atoms with Crippen LogP contribution in [0.15, 0.2) is 0 Å².